The minimum Gasteiger partial charge on any atom is -0.481 e. The fraction of sp³-hybridized carbons (Fsp3) is 0.867. The number of hydrogen-bond acceptors (Lipinski definition) is 3. The van der Waals surface area contributed by atoms with E-state index in [4.69, 9.17) is 5.11 Å². The van der Waals surface area contributed by atoms with Gasteiger partial charge in [-0.3, -0.25) is 4.79 Å². The second-order valence-electron chi connectivity index (χ2n) is 7.13. The zero-order valence-corrected chi connectivity index (χ0v) is 13.6. The molecule has 3 N–H and O–H groups in total. The number of amides is 2. The molecule has 1 rings (SSSR count). The lowest BCUT2D eigenvalue weighted by Crippen LogP contribution is -2.48. The molecule has 6 heteroatoms. The number of nitrogens with one attached hydrogen (secondary N) is 2. The molecule has 21 heavy (non-hydrogen) atoms. The van der Waals surface area contributed by atoms with Crippen molar-refractivity contribution < 1.29 is 14.7 Å². The minimum atomic E-state index is -0.756. The molecule has 1 saturated carbocycles. The van der Waals surface area contributed by atoms with E-state index in [9.17, 15) is 9.59 Å². The van der Waals surface area contributed by atoms with Crippen LogP contribution in [0.3, 0.4) is 0 Å². The normalized spacial score (nSPS) is 22.9. The Kier molecular flexibility index (Phi) is 6.45. The second kappa shape index (κ2) is 7.64. The monoisotopic (exact) mass is 299 g/mol. The lowest BCUT2D eigenvalue weighted by Gasteiger charge is -2.30. The Morgan fingerprint density at radius 2 is 1.95 bits per heavy atom. The Morgan fingerprint density at radius 1 is 1.29 bits per heavy atom. The number of carboxylic acid groups (broad SMARTS) is 1. The van der Waals surface area contributed by atoms with Crippen LogP contribution in [0, 0.1) is 11.3 Å². The smallest absolute Gasteiger partial charge is 0.315 e. The predicted octanol–water partition coefficient (Wildman–Crippen LogP) is 1.52. The van der Waals surface area contributed by atoms with Crippen molar-refractivity contribution in [3.8, 4) is 0 Å². The van der Waals surface area contributed by atoms with E-state index in [2.05, 4.69) is 29.4 Å². The van der Waals surface area contributed by atoms with Gasteiger partial charge in [-0.25, -0.2) is 4.79 Å². The van der Waals surface area contributed by atoms with Crippen LogP contribution in [0.15, 0.2) is 0 Å². The molecule has 0 radical (unpaired) electrons. The summed E-state index contributed by atoms with van der Waals surface area (Å²) in [5.41, 5.74) is -0.00297. The number of hydrogen-bond donors (Lipinski definition) is 3. The van der Waals surface area contributed by atoms with Crippen molar-refractivity contribution in [2.24, 2.45) is 11.3 Å². The van der Waals surface area contributed by atoms with Crippen molar-refractivity contribution in [2.45, 2.75) is 45.6 Å². The highest BCUT2D eigenvalue weighted by atomic mass is 16.4. The van der Waals surface area contributed by atoms with E-state index in [0.29, 0.717) is 19.4 Å². The van der Waals surface area contributed by atoms with E-state index >= 15 is 0 Å². The Morgan fingerprint density at radius 3 is 2.52 bits per heavy atom. The number of carboxylic acids is 1. The van der Waals surface area contributed by atoms with Crippen LogP contribution in [0.1, 0.15) is 39.5 Å². The van der Waals surface area contributed by atoms with Crippen molar-refractivity contribution in [1.29, 1.82) is 0 Å². The summed E-state index contributed by atoms with van der Waals surface area (Å²) in [7, 11) is 4.02. The molecule has 122 valence electrons. The minimum absolute atomic E-state index is 0.00297. The Hall–Kier alpha value is -1.30. The molecule has 2 amide bonds. The Labute approximate surface area is 127 Å². The molecule has 0 aromatic carbocycles. The highest BCUT2D eigenvalue weighted by Gasteiger charge is 2.28. The third kappa shape index (κ3) is 6.80. The molecule has 1 aliphatic rings. The molecule has 1 aliphatic carbocycles. The summed E-state index contributed by atoms with van der Waals surface area (Å²) in [5.74, 6) is -1.08. The first-order valence-corrected chi connectivity index (χ1v) is 7.61. The highest BCUT2D eigenvalue weighted by molar-refractivity contribution is 5.74. The topological polar surface area (TPSA) is 81.7 Å². The summed E-state index contributed by atoms with van der Waals surface area (Å²) in [6, 6.07) is -0.227. The average Bonchev–Trinajstić information content (AvgIpc) is 2.35. The number of nitrogens with zero attached hydrogens (tertiary/aromatic N) is 1. The molecular formula is C15H29N3O3. The summed E-state index contributed by atoms with van der Waals surface area (Å²) in [6.07, 6.45) is 2.96. The van der Waals surface area contributed by atoms with Crippen LogP contribution in [0.4, 0.5) is 4.79 Å². The predicted molar refractivity (Wildman–Crippen MR) is 82.3 cm³/mol. The lowest BCUT2D eigenvalue weighted by atomic mass is 9.86. The van der Waals surface area contributed by atoms with Crippen LogP contribution < -0.4 is 10.6 Å². The van der Waals surface area contributed by atoms with Crippen LogP contribution in [-0.4, -0.2) is 55.2 Å². The zero-order valence-electron chi connectivity index (χ0n) is 13.6. The second-order valence-corrected chi connectivity index (χ2v) is 7.13. The lowest BCUT2D eigenvalue weighted by molar-refractivity contribution is -0.143. The molecule has 0 aliphatic heterocycles. The highest BCUT2D eigenvalue weighted by Crippen LogP contribution is 2.24. The summed E-state index contributed by atoms with van der Waals surface area (Å²) in [6.45, 7) is 5.69. The molecular weight excluding hydrogens is 270 g/mol. The van der Waals surface area contributed by atoms with Gasteiger partial charge in [-0.15, -0.1) is 0 Å². The largest absolute Gasteiger partial charge is 0.481 e. The van der Waals surface area contributed by atoms with Crippen molar-refractivity contribution >= 4 is 12.0 Å². The fourth-order valence-corrected chi connectivity index (χ4v) is 3.01. The van der Waals surface area contributed by atoms with Crippen molar-refractivity contribution in [1.82, 2.24) is 15.5 Å². The molecule has 0 spiro atoms. The van der Waals surface area contributed by atoms with Crippen LogP contribution in [0.2, 0.25) is 0 Å². The van der Waals surface area contributed by atoms with Crippen LogP contribution in [0.5, 0.6) is 0 Å². The van der Waals surface area contributed by atoms with Gasteiger partial charge in [0.25, 0.3) is 0 Å². The maximum absolute atomic E-state index is 11.9. The molecule has 0 heterocycles. The number of rotatable bonds is 6. The van der Waals surface area contributed by atoms with Gasteiger partial charge in [0.1, 0.15) is 0 Å². The van der Waals surface area contributed by atoms with E-state index < -0.39 is 5.97 Å². The standard InChI is InChI=1S/C15H29N3O3/c1-15(2,10-18(3)4)9-16-14(21)17-12-7-5-6-11(8-12)13(19)20/h11-12H,5-10H2,1-4H3,(H,19,20)(H2,16,17,21). The van der Waals surface area contributed by atoms with Gasteiger partial charge in [-0.05, 0) is 38.8 Å². The third-order valence-electron chi connectivity index (χ3n) is 3.83. The number of aliphatic carboxylic acids is 1. The van der Waals surface area contributed by atoms with Gasteiger partial charge in [0.05, 0.1) is 5.92 Å². The third-order valence-corrected chi connectivity index (χ3v) is 3.83. The van der Waals surface area contributed by atoms with Gasteiger partial charge in [-0.2, -0.15) is 0 Å². The Bertz CT molecular complexity index is 369. The number of urea groups is 1. The van der Waals surface area contributed by atoms with Crippen LogP contribution in [0.25, 0.3) is 0 Å². The van der Waals surface area contributed by atoms with E-state index in [1.54, 1.807) is 0 Å². The number of carbonyl (C=O) groups excluding carboxylic acids is 1. The first-order chi connectivity index (χ1) is 9.69. The summed E-state index contributed by atoms with van der Waals surface area (Å²) >= 11 is 0. The van der Waals surface area contributed by atoms with E-state index in [0.717, 1.165) is 19.4 Å². The van der Waals surface area contributed by atoms with Gasteiger partial charge in [-0.1, -0.05) is 20.3 Å². The number of carbonyl (C=O) groups is 2. The van der Waals surface area contributed by atoms with Gasteiger partial charge in [0.2, 0.25) is 0 Å². The van der Waals surface area contributed by atoms with Gasteiger partial charge in [0.15, 0.2) is 0 Å². The molecule has 1 fully saturated rings. The molecule has 6 nitrogen and oxygen atoms in total. The van der Waals surface area contributed by atoms with Crippen LogP contribution in [-0.2, 0) is 4.79 Å². The van der Waals surface area contributed by atoms with Crippen LogP contribution >= 0.6 is 0 Å². The van der Waals surface area contributed by atoms with E-state index in [1.165, 1.54) is 0 Å². The van der Waals surface area contributed by atoms with E-state index in [1.807, 2.05) is 14.1 Å². The fourth-order valence-electron chi connectivity index (χ4n) is 3.01. The summed E-state index contributed by atoms with van der Waals surface area (Å²) < 4.78 is 0. The maximum Gasteiger partial charge on any atom is 0.315 e. The van der Waals surface area contributed by atoms with Crippen molar-refractivity contribution in [3.05, 3.63) is 0 Å². The quantitative estimate of drug-likeness (QED) is 0.694. The SMILES string of the molecule is CN(C)CC(C)(C)CNC(=O)NC1CCCC(C(=O)O)C1. The molecule has 2 unspecified atom stereocenters. The first-order valence-electron chi connectivity index (χ1n) is 7.61. The molecule has 2 atom stereocenters. The first kappa shape index (κ1) is 17.8. The van der Waals surface area contributed by atoms with Gasteiger partial charge >= 0.3 is 12.0 Å². The maximum atomic E-state index is 11.9. The van der Waals surface area contributed by atoms with Crippen molar-refractivity contribution in [2.75, 3.05) is 27.2 Å². The molecule has 0 aromatic rings. The van der Waals surface area contributed by atoms with Gasteiger partial charge < -0.3 is 20.6 Å². The molecule has 0 aromatic heterocycles. The zero-order chi connectivity index (χ0) is 16.0. The van der Waals surface area contributed by atoms with E-state index in [-0.39, 0.29) is 23.4 Å². The summed E-state index contributed by atoms with van der Waals surface area (Å²) in [4.78, 5) is 25.0. The molecule has 0 saturated heterocycles. The van der Waals surface area contributed by atoms with Gasteiger partial charge in [0, 0.05) is 19.1 Å². The molecule has 0 bridgehead atoms. The average molecular weight is 299 g/mol. The summed E-state index contributed by atoms with van der Waals surface area (Å²) in [5, 5.41) is 14.8. The van der Waals surface area contributed by atoms with Crippen molar-refractivity contribution in [3.63, 3.8) is 0 Å². The Balaban J connectivity index is 2.35.